The van der Waals surface area contributed by atoms with Crippen molar-refractivity contribution in [1.29, 1.82) is 0 Å². The number of esters is 1. The van der Waals surface area contributed by atoms with Crippen molar-refractivity contribution in [3.05, 3.63) is 77.9 Å². The number of hydrogen-bond donors (Lipinski definition) is 1. The van der Waals surface area contributed by atoms with Crippen molar-refractivity contribution in [2.45, 2.75) is 6.42 Å². The maximum absolute atomic E-state index is 12.5. The Bertz CT molecular complexity index is 1170. The van der Waals surface area contributed by atoms with Crippen LogP contribution in [0.15, 0.2) is 66.7 Å². The fourth-order valence-corrected chi connectivity index (χ4v) is 3.40. The van der Waals surface area contributed by atoms with Gasteiger partial charge in [0, 0.05) is 16.6 Å². The molecule has 30 heavy (non-hydrogen) atoms. The third-order valence-corrected chi connectivity index (χ3v) is 4.85. The smallest absolute Gasteiger partial charge is 0.326 e. The van der Waals surface area contributed by atoms with Crippen LogP contribution in [0.4, 0.5) is 5.69 Å². The summed E-state index contributed by atoms with van der Waals surface area (Å²) < 4.78 is 4.98. The fraction of sp³-hybridized carbons (Fsp3) is 0.130. The molecule has 0 atom stereocenters. The largest absolute Gasteiger partial charge is 0.454 e. The zero-order valence-electron chi connectivity index (χ0n) is 16.0. The van der Waals surface area contributed by atoms with Crippen molar-refractivity contribution >= 4 is 40.2 Å². The van der Waals surface area contributed by atoms with Crippen molar-refractivity contribution in [2.75, 3.05) is 18.5 Å². The number of ether oxygens (including phenoxy) is 1. The normalized spacial score (nSPS) is 13.1. The number of carbonyl (C=O) groups excluding carboxylic acids is 4. The van der Waals surface area contributed by atoms with Gasteiger partial charge in [0.05, 0.1) is 6.42 Å². The fourth-order valence-electron chi connectivity index (χ4n) is 3.40. The first-order chi connectivity index (χ1) is 14.5. The maximum atomic E-state index is 12.5. The number of nitrogens with one attached hydrogen (secondary N) is 1. The van der Waals surface area contributed by atoms with Gasteiger partial charge in [0.1, 0.15) is 6.54 Å². The number of amides is 3. The maximum Gasteiger partial charge on any atom is 0.326 e. The predicted octanol–water partition coefficient (Wildman–Crippen LogP) is 2.55. The van der Waals surface area contributed by atoms with Crippen LogP contribution in [0.2, 0.25) is 0 Å². The summed E-state index contributed by atoms with van der Waals surface area (Å²) in [5.41, 5.74) is 1.62. The third-order valence-electron chi connectivity index (χ3n) is 4.85. The Morgan fingerprint density at radius 1 is 0.933 bits per heavy atom. The summed E-state index contributed by atoms with van der Waals surface area (Å²) in [7, 11) is 0. The van der Waals surface area contributed by atoms with Crippen LogP contribution in [-0.4, -0.2) is 41.7 Å². The van der Waals surface area contributed by atoms with E-state index in [1.807, 2.05) is 36.4 Å². The minimum absolute atomic E-state index is 0.0385. The molecule has 7 heteroatoms. The van der Waals surface area contributed by atoms with Crippen LogP contribution in [0.3, 0.4) is 0 Å². The molecule has 4 rings (SSSR count). The summed E-state index contributed by atoms with van der Waals surface area (Å²) in [6.07, 6.45) is 0.0385. The number of nitrogens with zero attached hydrogens (tertiary/aromatic N) is 1. The molecule has 0 spiro atoms. The second-order valence-electron chi connectivity index (χ2n) is 6.85. The monoisotopic (exact) mass is 402 g/mol. The Morgan fingerprint density at radius 2 is 1.67 bits per heavy atom. The number of anilines is 1. The summed E-state index contributed by atoms with van der Waals surface area (Å²) in [6.45, 7) is -1.05. The summed E-state index contributed by atoms with van der Waals surface area (Å²) in [4.78, 5) is 49.9. The van der Waals surface area contributed by atoms with Crippen LogP contribution in [0.5, 0.6) is 0 Å². The van der Waals surface area contributed by atoms with E-state index in [0.717, 1.165) is 15.7 Å². The zero-order valence-corrected chi connectivity index (χ0v) is 16.0. The highest BCUT2D eigenvalue weighted by molar-refractivity contribution is 6.11. The molecule has 3 amide bonds. The minimum atomic E-state index is -0.829. The van der Waals surface area contributed by atoms with E-state index in [-0.39, 0.29) is 6.42 Å². The highest BCUT2D eigenvalue weighted by atomic mass is 16.5. The molecule has 150 valence electrons. The Labute approximate surface area is 172 Å². The van der Waals surface area contributed by atoms with Crippen LogP contribution in [0.25, 0.3) is 10.8 Å². The number of hydrogen-bond acceptors (Lipinski definition) is 5. The van der Waals surface area contributed by atoms with Crippen molar-refractivity contribution in [3.63, 3.8) is 0 Å². The number of rotatable bonds is 5. The molecular weight excluding hydrogens is 384 g/mol. The quantitative estimate of drug-likeness (QED) is 0.523. The van der Waals surface area contributed by atoms with E-state index in [4.69, 9.17) is 4.74 Å². The second-order valence-corrected chi connectivity index (χ2v) is 6.85. The van der Waals surface area contributed by atoms with Crippen LogP contribution in [0.1, 0.15) is 15.9 Å². The van der Waals surface area contributed by atoms with Gasteiger partial charge < -0.3 is 10.1 Å². The van der Waals surface area contributed by atoms with Gasteiger partial charge in [-0.05, 0) is 23.1 Å². The van der Waals surface area contributed by atoms with Crippen molar-refractivity contribution < 1.29 is 23.9 Å². The van der Waals surface area contributed by atoms with Crippen LogP contribution in [0, 0.1) is 0 Å². The first kappa shape index (κ1) is 19.3. The van der Waals surface area contributed by atoms with E-state index in [9.17, 15) is 19.2 Å². The molecule has 0 unspecified atom stereocenters. The van der Waals surface area contributed by atoms with Crippen LogP contribution < -0.4 is 5.32 Å². The van der Waals surface area contributed by atoms with Gasteiger partial charge in [-0.15, -0.1) is 0 Å². The molecule has 0 bridgehead atoms. The lowest BCUT2D eigenvalue weighted by Crippen LogP contribution is -2.45. The molecule has 0 radical (unpaired) electrons. The molecule has 3 aromatic rings. The number of carbonyl (C=O) groups is 4. The standard InChI is InChI=1S/C23H18N2O5/c26-20(24-19-11-5-8-15-6-1-3-9-17(15)19)14-30-22(28)13-25-21(27)12-16-7-2-4-10-18(16)23(25)29/h1-11H,12-14H2,(H,24,26). The topological polar surface area (TPSA) is 92.8 Å². The minimum Gasteiger partial charge on any atom is -0.454 e. The Hall–Kier alpha value is -4.00. The first-order valence-corrected chi connectivity index (χ1v) is 9.39. The van der Waals surface area contributed by atoms with Gasteiger partial charge in [-0.2, -0.15) is 0 Å². The van der Waals surface area contributed by atoms with Crippen molar-refractivity contribution in [1.82, 2.24) is 4.90 Å². The summed E-state index contributed by atoms with van der Waals surface area (Å²) >= 11 is 0. The lowest BCUT2D eigenvalue weighted by molar-refractivity contribution is -0.150. The molecule has 7 nitrogen and oxygen atoms in total. The average Bonchev–Trinajstić information content (AvgIpc) is 2.75. The summed E-state index contributed by atoms with van der Waals surface area (Å²) in [5.74, 6) is -2.36. The van der Waals surface area contributed by atoms with E-state index in [1.54, 1.807) is 30.3 Å². The van der Waals surface area contributed by atoms with Gasteiger partial charge in [-0.1, -0.05) is 54.6 Å². The van der Waals surface area contributed by atoms with Gasteiger partial charge >= 0.3 is 5.97 Å². The van der Waals surface area contributed by atoms with Gasteiger partial charge in [0.25, 0.3) is 11.8 Å². The predicted molar refractivity (Wildman–Crippen MR) is 110 cm³/mol. The molecule has 0 saturated heterocycles. The van der Waals surface area contributed by atoms with E-state index in [0.29, 0.717) is 16.8 Å². The number of benzene rings is 3. The molecule has 1 heterocycles. The molecule has 0 aliphatic carbocycles. The SMILES string of the molecule is O=C(COC(=O)CN1C(=O)Cc2ccccc2C1=O)Nc1cccc2ccccc12. The second kappa shape index (κ2) is 8.16. The molecule has 1 N–H and O–H groups in total. The molecule has 1 aliphatic heterocycles. The molecule has 0 saturated carbocycles. The first-order valence-electron chi connectivity index (χ1n) is 9.39. The molecular formula is C23H18N2O5. The van der Waals surface area contributed by atoms with Crippen molar-refractivity contribution in [2.24, 2.45) is 0 Å². The van der Waals surface area contributed by atoms with Crippen molar-refractivity contribution in [3.8, 4) is 0 Å². The van der Waals surface area contributed by atoms with E-state index in [1.165, 1.54) is 0 Å². The Balaban J connectivity index is 1.35. The van der Waals surface area contributed by atoms with Crippen LogP contribution >= 0.6 is 0 Å². The number of fused-ring (bicyclic) bond motifs is 2. The van der Waals surface area contributed by atoms with Gasteiger partial charge in [0.2, 0.25) is 5.91 Å². The molecule has 0 aromatic heterocycles. The lowest BCUT2D eigenvalue weighted by atomic mass is 9.98. The highest BCUT2D eigenvalue weighted by Gasteiger charge is 2.32. The van der Waals surface area contributed by atoms with Gasteiger partial charge in [0.15, 0.2) is 6.61 Å². The average molecular weight is 402 g/mol. The Morgan fingerprint density at radius 3 is 2.53 bits per heavy atom. The summed E-state index contributed by atoms with van der Waals surface area (Å²) in [6, 6.07) is 19.8. The van der Waals surface area contributed by atoms with E-state index >= 15 is 0 Å². The van der Waals surface area contributed by atoms with Gasteiger partial charge in [-0.3, -0.25) is 24.1 Å². The zero-order chi connectivity index (χ0) is 21.1. The number of imide groups is 1. The van der Waals surface area contributed by atoms with E-state index in [2.05, 4.69) is 5.32 Å². The molecule has 0 fully saturated rings. The van der Waals surface area contributed by atoms with E-state index < -0.39 is 36.8 Å². The Kier molecular flexibility index (Phi) is 5.26. The molecule has 1 aliphatic rings. The van der Waals surface area contributed by atoms with Crippen LogP contribution in [-0.2, 0) is 25.5 Å². The lowest BCUT2D eigenvalue weighted by Gasteiger charge is -2.25. The third kappa shape index (κ3) is 3.91. The summed E-state index contributed by atoms with van der Waals surface area (Å²) in [5, 5.41) is 4.54. The highest BCUT2D eigenvalue weighted by Crippen LogP contribution is 2.23. The molecule has 3 aromatic carbocycles. The van der Waals surface area contributed by atoms with Gasteiger partial charge in [-0.25, -0.2) is 0 Å².